The summed E-state index contributed by atoms with van der Waals surface area (Å²) in [6.45, 7) is 4.67. The lowest BCUT2D eigenvalue weighted by Gasteiger charge is -2.12. The van der Waals surface area contributed by atoms with E-state index in [0.29, 0.717) is 12.5 Å². The molecule has 7 heteroatoms. The molecule has 1 aromatic carbocycles. The van der Waals surface area contributed by atoms with Crippen molar-refractivity contribution in [2.75, 3.05) is 11.9 Å². The van der Waals surface area contributed by atoms with E-state index in [1.807, 2.05) is 13.8 Å². The van der Waals surface area contributed by atoms with E-state index < -0.39 is 10.7 Å². The summed E-state index contributed by atoms with van der Waals surface area (Å²) in [4.78, 5) is 10.1. The van der Waals surface area contributed by atoms with Crippen LogP contribution in [0.15, 0.2) is 18.2 Å². The number of nitro benzene ring substituents is 1. The third kappa shape index (κ3) is 4.25. The van der Waals surface area contributed by atoms with E-state index in [4.69, 9.17) is 12.2 Å². The number of thiocarbonyl (C=S) groups is 1. The molecular formula is C11H14FN3O2S. The number of anilines is 1. The van der Waals surface area contributed by atoms with Crippen molar-refractivity contribution in [2.45, 2.75) is 13.8 Å². The van der Waals surface area contributed by atoms with Crippen molar-refractivity contribution >= 4 is 28.7 Å². The maximum Gasteiger partial charge on any atom is 0.295 e. The van der Waals surface area contributed by atoms with Gasteiger partial charge in [-0.2, -0.15) is 0 Å². The molecule has 0 saturated heterocycles. The summed E-state index contributed by atoms with van der Waals surface area (Å²) in [5.74, 6) is -0.263. The van der Waals surface area contributed by atoms with E-state index in [0.717, 1.165) is 12.1 Å². The van der Waals surface area contributed by atoms with Gasteiger partial charge in [-0.15, -0.1) is 0 Å². The molecule has 0 unspecified atom stereocenters. The molecule has 0 aromatic heterocycles. The summed E-state index contributed by atoms with van der Waals surface area (Å²) in [7, 11) is 0. The Hall–Kier alpha value is -1.76. The first-order chi connectivity index (χ1) is 8.40. The maximum absolute atomic E-state index is 12.9. The van der Waals surface area contributed by atoms with Crippen LogP contribution in [0.4, 0.5) is 15.8 Å². The molecule has 0 bridgehead atoms. The lowest BCUT2D eigenvalue weighted by molar-refractivity contribution is -0.384. The Kier molecular flexibility index (Phi) is 4.96. The Morgan fingerprint density at radius 2 is 2.22 bits per heavy atom. The molecule has 1 rings (SSSR count). The predicted octanol–water partition coefficient (Wildman–Crippen LogP) is 2.68. The molecule has 0 amide bonds. The third-order valence-corrected chi connectivity index (χ3v) is 2.32. The van der Waals surface area contributed by atoms with Crippen LogP contribution < -0.4 is 10.6 Å². The van der Waals surface area contributed by atoms with E-state index in [1.54, 1.807) is 0 Å². The number of halogens is 1. The van der Waals surface area contributed by atoms with Gasteiger partial charge < -0.3 is 10.6 Å². The van der Waals surface area contributed by atoms with Gasteiger partial charge in [0.05, 0.1) is 11.0 Å². The first kappa shape index (κ1) is 14.3. The van der Waals surface area contributed by atoms with Crippen LogP contribution in [-0.2, 0) is 0 Å². The molecule has 0 aliphatic carbocycles. The zero-order chi connectivity index (χ0) is 13.7. The van der Waals surface area contributed by atoms with Gasteiger partial charge in [-0.1, -0.05) is 13.8 Å². The maximum atomic E-state index is 12.9. The first-order valence-corrected chi connectivity index (χ1v) is 5.79. The largest absolute Gasteiger partial charge is 0.362 e. The summed E-state index contributed by atoms with van der Waals surface area (Å²) < 4.78 is 12.9. The van der Waals surface area contributed by atoms with Gasteiger partial charge in [0, 0.05) is 6.54 Å². The quantitative estimate of drug-likeness (QED) is 0.500. The second-order valence-corrected chi connectivity index (χ2v) is 4.56. The fourth-order valence-corrected chi connectivity index (χ4v) is 1.42. The number of rotatable bonds is 4. The Labute approximate surface area is 110 Å². The standard InChI is InChI=1S/C11H14FN3O2S/c1-7(2)6-13-11(18)14-9-4-3-8(12)5-10(9)15(16)17/h3-5,7H,6H2,1-2H3,(H2,13,14,18). The van der Waals surface area contributed by atoms with Gasteiger partial charge in [-0.3, -0.25) is 10.1 Å². The van der Waals surface area contributed by atoms with E-state index in [2.05, 4.69) is 10.6 Å². The molecule has 1 aromatic rings. The predicted molar refractivity (Wildman–Crippen MR) is 72.1 cm³/mol. The smallest absolute Gasteiger partial charge is 0.295 e. The zero-order valence-electron chi connectivity index (χ0n) is 10.1. The minimum atomic E-state index is -0.659. The topological polar surface area (TPSA) is 67.2 Å². The fraction of sp³-hybridized carbons (Fsp3) is 0.364. The Morgan fingerprint density at radius 3 is 2.78 bits per heavy atom. The highest BCUT2D eigenvalue weighted by Gasteiger charge is 2.15. The van der Waals surface area contributed by atoms with Crippen LogP contribution in [0, 0.1) is 21.8 Å². The molecule has 0 fully saturated rings. The van der Waals surface area contributed by atoms with Gasteiger partial charge in [-0.25, -0.2) is 4.39 Å². The van der Waals surface area contributed by atoms with Crippen LogP contribution in [0.2, 0.25) is 0 Å². The molecule has 0 heterocycles. The van der Waals surface area contributed by atoms with Gasteiger partial charge in [0.1, 0.15) is 11.5 Å². The van der Waals surface area contributed by atoms with Crippen LogP contribution in [0.3, 0.4) is 0 Å². The lowest BCUT2D eigenvalue weighted by Crippen LogP contribution is -2.31. The van der Waals surface area contributed by atoms with Crippen LogP contribution in [0.1, 0.15) is 13.8 Å². The van der Waals surface area contributed by atoms with Crippen LogP contribution in [-0.4, -0.2) is 16.6 Å². The number of hydrogen-bond acceptors (Lipinski definition) is 3. The van der Waals surface area contributed by atoms with Crippen molar-refractivity contribution < 1.29 is 9.31 Å². The molecular weight excluding hydrogens is 257 g/mol. The molecule has 5 nitrogen and oxygen atoms in total. The van der Waals surface area contributed by atoms with Gasteiger partial charge in [0.2, 0.25) is 0 Å². The minimum absolute atomic E-state index is 0.169. The van der Waals surface area contributed by atoms with Gasteiger partial charge in [0.15, 0.2) is 5.11 Å². The second-order valence-electron chi connectivity index (χ2n) is 4.15. The molecule has 0 saturated carbocycles. The molecule has 0 radical (unpaired) electrons. The summed E-state index contributed by atoms with van der Waals surface area (Å²) >= 11 is 4.99. The van der Waals surface area contributed by atoms with Crippen LogP contribution in [0.5, 0.6) is 0 Å². The normalized spacial score (nSPS) is 10.2. The van der Waals surface area contributed by atoms with Crippen molar-refractivity contribution in [3.05, 3.63) is 34.1 Å². The molecule has 18 heavy (non-hydrogen) atoms. The Balaban J connectivity index is 2.78. The highest BCUT2D eigenvalue weighted by Crippen LogP contribution is 2.24. The zero-order valence-corrected chi connectivity index (χ0v) is 10.9. The fourth-order valence-electron chi connectivity index (χ4n) is 1.22. The highest BCUT2D eigenvalue weighted by molar-refractivity contribution is 7.80. The number of nitrogens with zero attached hydrogens (tertiary/aromatic N) is 1. The van der Waals surface area contributed by atoms with Crippen molar-refractivity contribution in [1.82, 2.24) is 5.32 Å². The highest BCUT2D eigenvalue weighted by atomic mass is 32.1. The number of benzene rings is 1. The SMILES string of the molecule is CC(C)CNC(=S)Nc1ccc(F)cc1[N+](=O)[O-]. The van der Waals surface area contributed by atoms with Crippen molar-refractivity contribution in [1.29, 1.82) is 0 Å². The molecule has 2 N–H and O–H groups in total. The lowest BCUT2D eigenvalue weighted by atomic mass is 10.2. The van der Waals surface area contributed by atoms with E-state index in [9.17, 15) is 14.5 Å². The molecule has 98 valence electrons. The van der Waals surface area contributed by atoms with Crippen molar-refractivity contribution in [2.24, 2.45) is 5.92 Å². The van der Waals surface area contributed by atoms with Crippen molar-refractivity contribution in [3.63, 3.8) is 0 Å². The van der Waals surface area contributed by atoms with E-state index in [1.165, 1.54) is 6.07 Å². The molecule has 0 aliphatic heterocycles. The Bertz CT molecular complexity index is 466. The molecule has 0 atom stereocenters. The monoisotopic (exact) mass is 271 g/mol. The Morgan fingerprint density at radius 1 is 1.56 bits per heavy atom. The minimum Gasteiger partial charge on any atom is -0.362 e. The average molecular weight is 271 g/mol. The third-order valence-electron chi connectivity index (χ3n) is 2.08. The summed E-state index contributed by atoms with van der Waals surface area (Å²) in [6.07, 6.45) is 0. The number of nitrogens with one attached hydrogen (secondary N) is 2. The van der Waals surface area contributed by atoms with Crippen molar-refractivity contribution in [3.8, 4) is 0 Å². The average Bonchev–Trinajstić information content (AvgIpc) is 2.28. The van der Waals surface area contributed by atoms with Crippen LogP contribution >= 0.6 is 12.2 Å². The summed E-state index contributed by atoms with van der Waals surface area (Å²) in [5, 5.41) is 16.6. The summed E-state index contributed by atoms with van der Waals surface area (Å²) in [6, 6.07) is 3.28. The van der Waals surface area contributed by atoms with E-state index in [-0.39, 0.29) is 16.5 Å². The van der Waals surface area contributed by atoms with Gasteiger partial charge in [0.25, 0.3) is 5.69 Å². The van der Waals surface area contributed by atoms with Gasteiger partial charge >= 0.3 is 0 Å². The first-order valence-electron chi connectivity index (χ1n) is 5.39. The van der Waals surface area contributed by atoms with Gasteiger partial charge in [-0.05, 0) is 30.3 Å². The van der Waals surface area contributed by atoms with Crippen LogP contribution in [0.25, 0.3) is 0 Å². The number of nitro groups is 1. The molecule has 0 spiro atoms. The summed E-state index contributed by atoms with van der Waals surface area (Å²) in [5.41, 5.74) is -0.175. The number of hydrogen-bond donors (Lipinski definition) is 2. The van der Waals surface area contributed by atoms with E-state index >= 15 is 0 Å². The molecule has 0 aliphatic rings. The second kappa shape index (κ2) is 6.25.